The average molecular weight is 440 g/mol. The molecule has 1 aliphatic rings. The standard InChI is InChI=1S/C24H26ClN3O3/c1-3-28-23-19(8-7-16(2)26-23)22(17-5-4-6-18(25)15-17)20(24(28)30)9-10-21(29)27-11-13-31-14-12-27/h4-8,15H,3,9-14H2,1-2H3. The number of hydrogen-bond donors (Lipinski definition) is 0. The van der Waals surface area contributed by atoms with E-state index in [2.05, 4.69) is 4.98 Å². The topological polar surface area (TPSA) is 64.4 Å². The van der Waals surface area contributed by atoms with Gasteiger partial charge in [-0.05, 0) is 50.1 Å². The van der Waals surface area contributed by atoms with Crippen molar-refractivity contribution in [2.45, 2.75) is 33.2 Å². The zero-order chi connectivity index (χ0) is 22.0. The van der Waals surface area contributed by atoms with Gasteiger partial charge in [-0.3, -0.25) is 14.2 Å². The lowest BCUT2D eigenvalue weighted by atomic mass is 9.94. The Labute approximate surface area is 186 Å². The molecule has 4 rings (SSSR count). The van der Waals surface area contributed by atoms with E-state index in [1.807, 2.05) is 55.1 Å². The molecule has 1 saturated heterocycles. The summed E-state index contributed by atoms with van der Waals surface area (Å²) in [6, 6.07) is 11.4. The van der Waals surface area contributed by atoms with Crippen LogP contribution in [0.1, 0.15) is 24.6 Å². The zero-order valence-electron chi connectivity index (χ0n) is 17.9. The highest BCUT2D eigenvalue weighted by molar-refractivity contribution is 6.30. The molecule has 162 valence electrons. The van der Waals surface area contributed by atoms with Crippen LogP contribution in [0.25, 0.3) is 22.2 Å². The SMILES string of the molecule is CCn1c(=O)c(CCC(=O)N2CCOCC2)c(-c2cccc(Cl)c2)c2ccc(C)nc21. The van der Waals surface area contributed by atoms with Crippen LogP contribution in [0.5, 0.6) is 0 Å². The normalized spacial score (nSPS) is 14.2. The lowest BCUT2D eigenvalue weighted by molar-refractivity contribution is -0.135. The number of pyridine rings is 2. The number of amides is 1. The molecule has 0 N–H and O–H groups in total. The summed E-state index contributed by atoms with van der Waals surface area (Å²) in [6.45, 7) is 6.67. The second-order valence-electron chi connectivity index (χ2n) is 7.73. The number of ether oxygens (including phenoxy) is 1. The van der Waals surface area contributed by atoms with Crippen LogP contribution in [-0.4, -0.2) is 46.7 Å². The predicted octanol–water partition coefficient (Wildman–Crippen LogP) is 3.84. The third-order valence-electron chi connectivity index (χ3n) is 5.73. The highest BCUT2D eigenvalue weighted by Gasteiger charge is 2.22. The van der Waals surface area contributed by atoms with E-state index in [4.69, 9.17) is 16.3 Å². The molecule has 3 aromatic rings. The number of fused-ring (bicyclic) bond motifs is 1. The number of halogens is 1. The van der Waals surface area contributed by atoms with E-state index in [0.717, 1.165) is 22.2 Å². The second-order valence-corrected chi connectivity index (χ2v) is 8.17. The molecule has 0 atom stereocenters. The molecular formula is C24H26ClN3O3. The number of aryl methyl sites for hydroxylation is 2. The summed E-state index contributed by atoms with van der Waals surface area (Å²) in [4.78, 5) is 32.8. The van der Waals surface area contributed by atoms with Crippen molar-refractivity contribution in [3.8, 4) is 11.1 Å². The van der Waals surface area contributed by atoms with E-state index in [-0.39, 0.29) is 17.9 Å². The summed E-state index contributed by atoms with van der Waals surface area (Å²) in [5.41, 5.74) is 3.71. The molecule has 1 aromatic carbocycles. The summed E-state index contributed by atoms with van der Waals surface area (Å²) in [7, 11) is 0. The maximum atomic E-state index is 13.5. The van der Waals surface area contributed by atoms with Crippen molar-refractivity contribution in [3.63, 3.8) is 0 Å². The molecule has 1 fully saturated rings. The van der Waals surface area contributed by atoms with Gasteiger partial charge in [0.25, 0.3) is 5.56 Å². The summed E-state index contributed by atoms with van der Waals surface area (Å²) in [5.74, 6) is 0.0462. The summed E-state index contributed by atoms with van der Waals surface area (Å²) < 4.78 is 7.04. The molecule has 0 aliphatic carbocycles. The molecule has 0 unspecified atom stereocenters. The lowest BCUT2D eigenvalue weighted by Crippen LogP contribution is -2.41. The smallest absolute Gasteiger partial charge is 0.256 e. The van der Waals surface area contributed by atoms with E-state index >= 15 is 0 Å². The number of carbonyl (C=O) groups excluding carboxylic acids is 1. The van der Waals surface area contributed by atoms with Crippen molar-refractivity contribution in [3.05, 3.63) is 63.0 Å². The monoisotopic (exact) mass is 439 g/mol. The molecule has 3 heterocycles. The van der Waals surface area contributed by atoms with Crippen LogP contribution in [0.15, 0.2) is 41.2 Å². The number of carbonyl (C=O) groups is 1. The Morgan fingerprint density at radius 1 is 1.19 bits per heavy atom. The number of aromatic nitrogens is 2. The zero-order valence-corrected chi connectivity index (χ0v) is 18.6. The highest BCUT2D eigenvalue weighted by atomic mass is 35.5. The minimum Gasteiger partial charge on any atom is -0.378 e. The molecule has 0 bridgehead atoms. The summed E-state index contributed by atoms with van der Waals surface area (Å²) >= 11 is 6.28. The number of benzene rings is 1. The average Bonchev–Trinajstić information content (AvgIpc) is 2.78. The van der Waals surface area contributed by atoms with E-state index in [1.165, 1.54) is 0 Å². The van der Waals surface area contributed by atoms with Gasteiger partial charge >= 0.3 is 0 Å². The van der Waals surface area contributed by atoms with Crippen molar-refractivity contribution < 1.29 is 9.53 Å². The number of morpholine rings is 1. The molecular weight excluding hydrogens is 414 g/mol. The van der Waals surface area contributed by atoms with Gasteiger partial charge in [-0.15, -0.1) is 0 Å². The van der Waals surface area contributed by atoms with Gasteiger partial charge in [-0.1, -0.05) is 23.7 Å². The third-order valence-corrected chi connectivity index (χ3v) is 5.96. The molecule has 0 spiro atoms. The van der Waals surface area contributed by atoms with Crippen LogP contribution in [0, 0.1) is 6.92 Å². The van der Waals surface area contributed by atoms with Gasteiger partial charge in [-0.2, -0.15) is 0 Å². The molecule has 31 heavy (non-hydrogen) atoms. The van der Waals surface area contributed by atoms with Gasteiger partial charge in [-0.25, -0.2) is 4.98 Å². The van der Waals surface area contributed by atoms with Crippen LogP contribution in [0.3, 0.4) is 0 Å². The Morgan fingerprint density at radius 2 is 1.97 bits per heavy atom. The van der Waals surface area contributed by atoms with Crippen LogP contribution >= 0.6 is 11.6 Å². The van der Waals surface area contributed by atoms with Crippen molar-refractivity contribution in [2.75, 3.05) is 26.3 Å². The minimum absolute atomic E-state index is 0.0462. The van der Waals surface area contributed by atoms with E-state index in [0.29, 0.717) is 55.5 Å². The fourth-order valence-electron chi connectivity index (χ4n) is 4.17. The maximum Gasteiger partial charge on any atom is 0.256 e. The van der Waals surface area contributed by atoms with Crippen LogP contribution in [-0.2, 0) is 22.5 Å². The Hall–Kier alpha value is -2.70. The maximum absolute atomic E-state index is 13.5. The van der Waals surface area contributed by atoms with Crippen LogP contribution < -0.4 is 5.56 Å². The molecule has 1 aliphatic heterocycles. The fraction of sp³-hybridized carbons (Fsp3) is 0.375. The quantitative estimate of drug-likeness (QED) is 0.606. The summed E-state index contributed by atoms with van der Waals surface area (Å²) in [6.07, 6.45) is 0.637. The fourth-order valence-corrected chi connectivity index (χ4v) is 4.36. The Bertz CT molecular complexity index is 1180. The van der Waals surface area contributed by atoms with Gasteiger partial charge in [0.1, 0.15) is 5.65 Å². The van der Waals surface area contributed by atoms with Gasteiger partial charge in [0.2, 0.25) is 5.91 Å². The van der Waals surface area contributed by atoms with Crippen molar-refractivity contribution in [2.24, 2.45) is 0 Å². The van der Waals surface area contributed by atoms with Gasteiger partial charge < -0.3 is 9.64 Å². The first-order valence-corrected chi connectivity index (χ1v) is 11.0. The van der Waals surface area contributed by atoms with Crippen LogP contribution in [0.4, 0.5) is 0 Å². The van der Waals surface area contributed by atoms with E-state index in [9.17, 15) is 9.59 Å². The molecule has 6 nitrogen and oxygen atoms in total. The Kier molecular flexibility index (Phi) is 6.39. The van der Waals surface area contributed by atoms with Crippen molar-refractivity contribution in [1.82, 2.24) is 14.5 Å². The van der Waals surface area contributed by atoms with E-state index in [1.54, 1.807) is 4.57 Å². The number of hydrogen-bond acceptors (Lipinski definition) is 4. The molecule has 0 saturated carbocycles. The molecule has 0 radical (unpaired) electrons. The number of rotatable bonds is 5. The first-order chi connectivity index (χ1) is 15.0. The van der Waals surface area contributed by atoms with Crippen molar-refractivity contribution in [1.29, 1.82) is 0 Å². The summed E-state index contributed by atoms with van der Waals surface area (Å²) in [5, 5.41) is 1.49. The first-order valence-electron chi connectivity index (χ1n) is 10.6. The van der Waals surface area contributed by atoms with Crippen molar-refractivity contribution >= 4 is 28.5 Å². The van der Waals surface area contributed by atoms with Gasteiger partial charge in [0.05, 0.1) is 13.2 Å². The minimum atomic E-state index is -0.0992. The molecule has 7 heteroatoms. The first kappa shape index (κ1) is 21.5. The second kappa shape index (κ2) is 9.20. The largest absolute Gasteiger partial charge is 0.378 e. The molecule has 1 amide bonds. The van der Waals surface area contributed by atoms with E-state index < -0.39 is 0 Å². The van der Waals surface area contributed by atoms with Gasteiger partial charge in [0, 0.05) is 53.3 Å². The third kappa shape index (κ3) is 4.36. The predicted molar refractivity (Wildman–Crippen MR) is 123 cm³/mol. The van der Waals surface area contributed by atoms with Gasteiger partial charge in [0.15, 0.2) is 0 Å². The Balaban J connectivity index is 1.85. The van der Waals surface area contributed by atoms with Crippen LogP contribution in [0.2, 0.25) is 5.02 Å². The molecule has 2 aromatic heterocycles. The lowest BCUT2D eigenvalue weighted by Gasteiger charge is -2.27. The number of nitrogens with zero attached hydrogens (tertiary/aromatic N) is 3. The highest BCUT2D eigenvalue weighted by Crippen LogP contribution is 2.32. The Morgan fingerprint density at radius 3 is 2.68 bits per heavy atom.